The first kappa shape index (κ1) is 16.1. The highest BCUT2D eigenvalue weighted by Crippen LogP contribution is 2.37. The third-order valence-corrected chi connectivity index (χ3v) is 5.68. The van der Waals surface area contributed by atoms with Crippen molar-refractivity contribution >= 4 is 32.8 Å². The third kappa shape index (κ3) is 2.77. The van der Waals surface area contributed by atoms with Crippen molar-refractivity contribution < 1.29 is 4.39 Å². The molecule has 2 aliphatic rings. The monoisotopic (exact) mass is 416 g/mol. The van der Waals surface area contributed by atoms with Gasteiger partial charge in [0.15, 0.2) is 5.82 Å². The number of pyridine rings is 1. The third-order valence-electron chi connectivity index (χ3n) is 5.25. The van der Waals surface area contributed by atoms with E-state index in [0.717, 1.165) is 41.7 Å². The highest BCUT2D eigenvalue weighted by atomic mass is 79.9. The molecule has 8 heteroatoms. The van der Waals surface area contributed by atoms with Gasteiger partial charge >= 0.3 is 0 Å². The Morgan fingerprint density at radius 2 is 2.04 bits per heavy atom. The molecule has 1 aliphatic heterocycles. The van der Waals surface area contributed by atoms with E-state index in [2.05, 4.69) is 40.3 Å². The molecule has 5 rings (SSSR count). The van der Waals surface area contributed by atoms with Crippen LogP contribution in [-0.2, 0) is 0 Å². The summed E-state index contributed by atoms with van der Waals surface area (Å²) in [4.78, 5) is 14.7. The maximum absolute atomic E-state index is 14.4. The summed E-state index contributed by atoms with van der Waals surface area (Å²) < 4.78 is 17.3. The van der Waals surface area contributed by atoms with Crippen LogP contribution in [0.3, 0.4) is 0 Å². The lowest BCUT2D eigenvalue weighted by Gasteiger charge is -2.40. The molecule has 0 radical (unpaired) electrons. The number of nitrogens with zero attached hydrogens (tertiary/aromatic N) is 5. The molecule has 0 spiro atoms. The number of fused-ring (bicyclic) bond motifs is 1. The molecule has 0 amide bonds. The molecule has 1 aliphatic carbocycles. The van der Waals surface area contributed by atoms with E-state index in [0.29, 0.717) is 10.6 Å². The van der Waals surface area contributed by atoms with E-state index < -0.39 is 5.82 Å². The molecule has 1 saturated heterocycles. The number of aromatic nitrogens is 4. The summed E-state index contributed by atoms with van der Waals surface area (Å²) in [6.45, 7) is 3.23. The zero-order valence-corrected chi connectivity index (χ0v) is 15.7. The van der Waals surface area contributed by atoms with E-state index in [1.165, 1.54) is 19.4 Å². The van der Waals surface area contributed by atoms with Crippen LogP contribution in [0, 0.1) is 11.7 Å². The molecule has 0 bridgehead atoms. The van der Waals surface area contributed by atoms with Gasteiger partial charge in [-0.15, -0.1) is 0 Å². The fraction of sp³-hybridized carbons (Fsp3) is 0.389. The summed E-state index contributed by atoms with van der Waals surface area (Å²) in [6, 6.07) is 2.27. The Hall–Kier alpha value is -2.06. The second-order valence-electron chi connectivity index (χ2n) is 7.21. The van der Waals surface area contributed by atoms with E-state index in [4.69, 9.17) is 5.73 Å². The first-order valence-corrected chi connectivity index (χ1v) is 9.54. The van der Waals surface area contributed by atoms with Crippen LogP contribution in [-0.4, -0.2) is 44.1 Å². The fourth-order valence-corrected chi connectivity index (χ4v) is 4.05. The van der Waals surface area contributed by atoms with Crippen molar-refractivity contribution in [1.29, 1.82) is 0 Å². The molecule has 0 atom stereocenters. The molecular weight excluding hydrogens is 399 g/mol. The van der Waals surface area contributed by atoms with Gasteiger partial charge in [-0.2, -0.15) is 0 Å². The maximum Gasteiger partial charge on any atom is 0.220 e. The number of nitrogen functional groups attached to an aromatic ring is 1. The number of likely N-dealkylation sites (tertiary alicyclic amines) is 1. The topological polar surface area (TPSA) is 72.9 Å². The highest BCUT2D eigenvalue weighted by Gasteiger charge is 2.34. The minimum absolute atomic E-state index is 0.0645. The summed E-state index contributed by atoms with van der Waals surface area (Å²) in [5.41, 5.74) is 7.62. The molecular formula is C18H18BrFN6. The Morgan fingerprint density at radius 1 is 1.23 bits per heavy atom. The second-order valence-corrected chi connectivity index (χ2v) is 8.03. The number of anilines is 1. The zero-order chi connectivity index (χ0) is 17.8. The van der Waals surface area contributed by atoms with Crippen LogP contribution in [0.5, 0.6) is 0 Å². The van der Waals surface area contributed by atoms with Crippen molar-refractivity contribution in [1.82, 2.24) is 24.4 Å². The Balaban J connectivity index is 1.56. The highest BCUT2D eigenvalue weighted by molar-refractivity contribution is 9.10. The quantitative estimate of drug-likeness (QED) is 0.660. The number of rotatable bonds is 4. The van der Waals surface area contributed by atoms with E-state index in [1.54, 1.807) is 0 Å². The van der Waals surface area contributed by atoms with Gasteiger partial charge < -0.3 is 10.3 Å². The van der Waals surface area contributed by atoms with E-state index in [9.17, 15) is 4.39 Å². The number of halogens is 2. The second kappa shape index (κ2) is 5.99. The molecule has 2 fully saturated rings. The first-order valence-electron chi connectivity index (χ1n) is 8.75. The van der Waals surface area contributed by atoms with Crippen molar-refractivity contribution in [3.8, 4) is 11.3 Å². The van der Waals surface area contributed by atoms with E-state index in [-0.39, 0.29) is 11.6 Å². The standard InChI is InChI=1S/C18H18BrFN6/c19-16-3-12-13(17-14(20)4-23-18(21)24-17)9-26(15(12)5-22-16)11-7-25(8-11)6-10-1-2-10/h3-5,9-11H,1-2,6-8H2,(H2,21,23,24). The summed E-state index contributed by atoms with van der Waals surface area (Å²) in [5, 5.41) is 0.907. The summed E-state index contributed by atoms with van der Waals surface area (Å²) in [6.07, 6.45) is 7.66. The van der Waals surface area contributed by atoms with Crippen LogP contribution in [0.15, 0.2) is 29.3 Å². The average Bonchev–Trinajstić information content (AvgIpc) is 3.33. The lowest BCUT2D eigenvalue weighted by Crippen LogP contribution is -2.48. The van der Waals surface area contributed by atoms with Crippen molar-refractivity contribution in [2.45, 2.75) is 18.9 Å². The van der Waals surface area contributed by atoms with Crippen molar-refractivity contribution in [2.75, 3.05) is 25.4 Å². The van der Waals surface area contributed by atoms with Crippen LogP contribution >= 0.6 is 15.9 Å². The molecule has 3 aromatic rings. The van der Waals surface area contributed by atoms with Crippen molar-refractivity contribution in [3.05, 3.63) is 35.1 Å². The van der Waals surface area contributed by atoms with E-state index >= 15 is 0 Å². The molecule has 2 N–H and O–H groups in total. The van der Waals surface area contributed by atoms with Gasteiger partial charge in [0, 0.05) is 36.8 Å². The van der Waals surface area contributed by atoms with Crippen LogP contribution in [0.25, 0.3) is 22.2 Å². The fourth-order valence-electron chi connectivity index (χ4n) is 3.72. The van der Waals surface area contributed by atoms with Gasteiger partial charge in [0.25, 0.3) is 0 Å². The Bertz CT molecular complexity index is 993. The number of hydrogen-bond acceptors (Lipinski definition) is 5. The molecule has 134 valence electrons. The van der Waals surface area contributed by atoms with E-state index in [1.807, 2.05) is 18.5 Å². The number of hydrogen-bond donors (Lipinski definition) is 1. The van der Waals surface area contributed by atoms with Gasteiger partial charge in [-0.3, -0.25) is 4.90 Å². The lowest BCUT2D eigenvalue weighted by molar-refractivity contribution is 0.104. The Morgan fingerprint density at radius 3 is 2.81 bits per heavy atom. The van der Waals surface area contributed by atoms with Gasteiger partial charge in [-0.25, -0.2) is 19.3 Å². The van der Waals surface area contributed by atoms with Crippen molar-refractivity contribution in [2.24, 2.45) is 5.92 Å². The SMILES string of the molecule is Nc1ncc(F)c(-c2cn(C3CN(CC4CC4)C3)c3cnc(Br)cc23)n1. The molecule has 26 heavy (non-hydrogen) atoms. The maximum atomic E-state index is 14.4. The largest absolute Gasteiger partial charge is 0.368 e. The Labute approximate surface area is 158 Å². The van der Waals surface area contributed by atoms with Gasteiger partial charge in [0.1, 0.15) is 10.3 Å². The average molecular weight is 417 g/mol. The predicted molar refractivity (Wildman–Crippen MR) is 101 cm³/mol. The summed E-state index contributed by atoms with van der Waals surface area (Å²) in [5.74, 6) is 0.480. The van der Waals surface area contributed by atoms with Crippen molar-refractivity contribution in [3.63, 3.8) is 0 Å². The van der Waals surface area contributed by atoms with Gasteiger partial charge in [-0.05, 0) is 40.8 Å². The lowest BCUT2D eigenvalue weighted by atomic mass is 10.1. The summed E-state index contributed by atoms with van der Waals surface area (Å²) >= 11 is 3.41. The van der Waals surface area contributed by atoms with Gasteiger partial charge in [-0.1, -0.05) is 0 Å². The van der Waals surface area contributed by atoms with Crippen LogP contribution < -0.4 is 5.73 Å². The molecule has 0 unspecified atom stereocenters. The number of nitrogens with two attached hydrogens (primary N) is 1. The van der Waals surface area contributed by atoms with Crippen LogP contribution in [0.2, 0.25) is 0 Å². The minimum atomic E-state index is -0.477. The molecule has 0 aromatic carbocycles. The molecule has 6 nitrogen and oxygen atoms in total. The van der Waals surface area contributed by atoms with Gasteiger partial charge in [0.2, 0.25) is 5.95 Å². The smallest absolute Gasteiger partial charge is 0.220 e. The van der Waals surface area contributed by atoms with Crippen LogP contribution in [0.4, 0.5) is 10.3 Å². The predicted octanol–water partition coefficient (Wildman–Crippen LogP) is 3.24. The normalized spacial score (nSPS) is 18.4. The van der Waals surface area contributed by atoms with Crippen LogP contribution in [0.1, 0.15) is 18.9 Å². The molecule has 1 saturated carbocycles. The molecule has 3 aromatic heterocycles. The Kier molecular flexibility index (Phi) is 3.72. The van der Waals surface area contributed by atoms with Gasteiger partial charge in [0.05, 0.1) is 24.0 Å². The summed E-state index contributed by atoms with van der Waals surface area (Å²) in [7, 11) is 0. The minimum Gasteiger partial charge on any atom is -0.368 e. The zero-order valence-electron chi connectivity index (χ0n) is 14.1. The first-order chi connectivity index (χ1) is 12.6. The molecule has 4 heterocycles.